The van der Waals surface area contributed by atoms with Crippen molar-refractivity contribution in [2.24, 2.45) is 0 Å². The Hall–Kier alpha value is -2.70. The van der Waals surface area contributed by atoms with Crippen LogP contribution in [0.4, 0.5) is 0 Å². The van der Waals surface area contributed by atoms with Crippen molar-refractivity contribution in [2.45, 2.75) is 20.8 Å². The fourth-order valence-corrected chi connectivity index (χ4v) is 2.09. The molecule has 0 fully saturated rings. The summed E-state index contributed by atoms with van der Waals surface area (Å²) >= 11 is 0. The number of rotatable bonds is 2. The third kappa shape index (κ3) is 2.06. The van der Waals surface area contributed by atoms with Crippen LogP contribution in [0.15, 0.2) is 12.1 Å². The molecule has 0 radical (unpaired) electrons. The minimum absolute atomic E-state index is 0.133. The van der Waals surface area contributed by atoms with Crippen LogP contribution in [0, 0.1) is 13.8 Å². The number of imidazole rings is 1. The van der Waals surface area contributed by atoms with E-state index >= 15 is 0 Å². The molecule has 3 rings (SSSR count). The quantitative estimate of drug-likeness (QED) is 0.572. The van der Waals surface area contributed by atoms with Crippen LogP contribution in [0.2, 0.25) is 0 Å². The molecule has 1 N–H and O–H groups in total. The number of aryl methyl sites for hydroxylation is 2. The van der Waals surface area contributed by atoms with Crippen molar-refractivity contribution >= 4 is 28.3 Å². The lowest BCUT2D eigenvalue weighted by Gasteiger charge is -2.03. The SMILES string of the molecule is CCOC(=O)c1nc2nc3cc(C)c(C)cc3nc2n1O. The van der Waals surface area contributed by atoms with Crippen LogP contribution in [0.5, 0.6) is 0 Å². The topological polar surface area (TPSA) is 90.1 Å². The second-order valence-electron chi connectivity index (χ2n) is 4.76. The summed E-state index contributed by atoms with van der Waals surface area (Å²) in [6.45, 7) is 5.83. The van der Waals surface area contributed by atoms with Crippen molar-refractivity contribution in [3.63, 3.8) is 0 Å². The maximum atomic E-state index is 11.7. The Kier molecular flexibility index (Phi) is 2.97. The molecule has 108 valence electrons. The van der Waals surface area contributed by atoms with Crippen LogP contribution >= 0.6 is 0 Å². The maximum Gasteiger partial charge on any atom is 0.377 e. The highest BCUT2D eigenvalue weighted by Crippen LogP contribution is 2.20. The van der Waals surface area contributed by atoms with E-state index in [2.05, 4.69) is 15.0 Å². The van der Waals surface area contributed by atoms with Crippen LogP contribution in [0.25, 0.3) is 22.3 Å². The van der Waals surface area contributed by atoms with Gasteiger partial charge in [0.25, 0.3) is 5.82 Å². The van der Waals surface area contributed by atoms with E-state index in [9.17, 15) is 10.0 Å². The van der Waals surface area contributed by atoms with Gasteiger partial charge in [-0.15, -0.1) is 4.73 Å². The predicted molar refractivity (Wildman–Crippen MR) is 75.4 cm³/mol. The number of hydrogen-bond donors (Lipinski definition) is 1. The van der Waals surface area contributed by atoms with Crippen LogP contribution in [0.1, 0.15) is 28.7 Å². The number of benzene rings is 1. The van der Waals surface area contributed by atoms with Gasteiger partial charge >= 0.3 is 5.97 Å². The normalized spacial score (nSPS) is 11.2. The van der Waals surface area contributed by atoms with Crippen LogP contribution in [-0.2, 0) is 4.74 Å². The summed E-state index contributed by atoms with van der Waals surface area (Å²) in [5.41, 5.74) is 3.80. The van der Waals surface area contributed by atoms with Gasteiger partial charge in [0, 0.05) is 0 Å². The molecular formula is C14H14N4O3. The number of ether oxygens (including phenoxy) is 1. The maximum absolute atomic E-state index is 11.7. The lowest BCUT2D eigenvalue weighted by atomic mass is 10.1. The number of carbonyl (C=O) groups is 1. The minimum Gasteiger partial charge on any atom is -0.460 e. The van der Waals surface area contributed by atoms with E-state index < -0.39 is 5.97 Å². The Morgan fingerprint density at radius 3 is 2.43 bits per heavy atom. The summed E-state index contributed by atoms with van der Waals surface area (Å²) in [4.78, 5) is 24.4. The Morgan fingerprint density at radius 2 is 1.81 bits per heavy atom. The van der Waals surface area contributed by atoms with Gasteiger partial charge in [0.2, 0.25) is 11.3 Å². The van der Waals surface area contributed by atoms with Crippen molar-refractivity contribution in [3.8, 4) is 0 Å². The van der Waals surface area contributed by atoms with Gasteiger partial charge in [-0.3, -0.25) is 0 Å². The number of esters is 1. The third-order valence-corrected chi connectivity index (χ3v) is 3.31. The molecule has 0 aliphatic heterocycles. The van der Waals surface area contributed by atoms with Crippen LogP contribution in [0.3, 0.4) is 0 Å². The van der Waals surface area contributed by atoms with Gasteiger partial charge in [-0.2, -0.15) is 4.98 Å². The molecule has 0 saturated carbocycles. The summed E-state index contributed by atoms with van der Waals surface area (Å²) in [5, 5.41) is 10.0. The van der Waals surface area contributed by atoms with Crippen molar-refractivity contribution in [1.29, 1.82) is 0 Å². The summed E-state index contributed by atoms with van der Waals surface area (Å²) in [6.07, 6.45) is 0. The van der Waals surface area contributed by atoms with E-state index in [0.29, 0.717) is 15.8 Å². The van der Waals surface area contributed by atoms with E-state index in [-0.39, 0.29) is 23.7 Å². The minimum atomic E-state index is -0.712. The van der Waals surface area contributed by atoms with Gasteiger partial charge in [-0.25, -0.2) is 14.8 Å². The second kappa shape index (κ2) is 4.69. The van der Waals surface area contributed by atoms with Crippen LogP contribution in [-0.4, -0.2) is 37.5 Å². The number of fused-ring (bicyclic) bond motifs is 2. The molecular weight excluding hydrogens is 272 g/mol. The summed E-state index contributed by atoms with van der Waals surface area (Å²) < 4.78 is 5.46. The lowest BCUT2D eigenvalue weighted by Crippen LogP contribution is -2.11. The highest BCUT2D eigenvalue weighted by Gasteiger charge is 2.21. The number of carbonyl (C=O) groups excluding carboxylic acids is 1. The summed E-state index contributed by atoms with van der Waals surface area (Å²) in [6, 6.07) is 3.78. The second-order valence-corrected chi connectivity index (χ2v) is 4.76. The molecule has 2 aromatic heterocycles. The van der Waals surface area contributed by atoms with E-state index in [0.717, 1.165) is 11.1 Å². The van der Waals surface area contributed by atoms with Gasteiger partial charge in [0.1, 0.15) is 0 Å². The molecule has 0 amide bonds. The summed E-state index contributed by atoms with van der Waals surface area (Å²) in [7, 11) is 0. The van der Waals surface area contributed by atoms with Crippen molar-refractivity contribution in [2.75, 3.05) is 6.61 Å². The monoisotopic (exact) mass is 286 g/mol. The van der Waals surface area contributed by atoms with Gasteiger partial charge in [0.15, 0.2) is 0 Å². The molecule has 0 atom stereocenters. The molecule has 0 unspecified atom stereocenters. The first-order valence-corrected chi connectivity index (χ1v) is 6.55. The Balaban J connectivity index is 2.26. The average Bonchev–Trinajstić information content (AvgIpc) is 2.75. The average molecular weight is 286 g/mol. The zero-order valence-corrected chi connectivity index (χ0v) is 11.9. The van der Waals surface area contributed by atoms with Gasteiger partial charge in [-0.1, -0.05) is 0 Å². The molecule has 2 heterocycles. The molecule has 1 aromatic carbocycles. The van der Waals surface area contributed by atoms with Gasteiger partial charge in [0.05, 0.1) is 17.6 Å². The van der Waals surface area contributed by atoms with Crippen molar-refractivity contribution in [1.82, 2.24) is 19.7 Å². The Bertz CT molecular complexity index is 870. The number of aromatic nitrogens is 4. The molecule has 7 nitrogen and oxygen atoms in total. The first-order valence-electron chi connectivity index (χ1n) is 6.55. The molecule has 3 aromatic rings. The zero-order chi connectivity index (χ0) is 15.1. The number of hydrogen-bond acceptors (Lipinski definition) is 6. The fraction of sp³-hybridized carbons (Fsp3) is 0.286. The highest BCUT2D eigenvalue weighted by molar-refractivity contribution is 5.91. The van der Waals surface area contributed by atoms with Gasteiger partial charge in [-0.05, 0) is 44.0 Å². The standard InChI is InChI=1S/C14H14N4O3/c1-4-21-14(19)13-17-11-12(18(13)20)16-10-6-8(3)7(2)5-9(10)15-11/h5-6,20H,4H2,1-3H3. The van der Waals surface area contributed by atoms with E-state index in [1.807, 2.05) is 26.0 Å². The van der Waals surface area contributed by atoms with Crippen molar-refractivity contribution < 1.29 is 14.7 Å². The highest BCUT2D eigenvalue weighted by atomic mass is 16.5. The molecule has 21 heavy (non-hydrogen) atoms. The molecule has 7 heteroatoms. The largest absolute Gasteiger partial charge is 0.460 e. The number of nitrogens with zero attached hydrogens (tertiary/aromatic N) is 4. The van der Waals surface area contributed by atoms with Crippen molar-refractivity contribution in [3.05, 3.63) is 29.1 Å². The summed E-state index contributed by atoms with van der Waals surface area (Å²) in [5.74, 6) is -0.938. The Labute approximate surface area is 120 Å². The zero-order valence-electron chi connectivity index (χ0n) is 11.9. The smallest absolute Gasteiger partial charge is 0.377 e. The molecule has 0 aliphatic rings. The molecule has 0 bridgehead atoms. The van der Waals surface area contributed by atoms with Gasteiger partial charge < -0.3 is 9.94 Å². The molecule has 0 saturated heterocycles. The first-order chi connectivity index (χ1) is 10.0. The third-order valence-electron chi connectivity index (χ3n) is 3.31. The van der Waals surface area contributed by atoms with E-state index in [1.54, 1.807) is 6.92 Å². The van der Waals surface area contributed by atoms with Crippen LogP contribution < -0.4 is 0 Å². The molecule has 0 spiro atoms. The fourth-order valence-electron chi connectivity index (χ4n) is 2.09. The first kappa shape index (κ1) is 13.3. The molecule has 0 aliphatic carbocycles. The van der Waals surface area contributed by atoms with E-state index in [1.165, 1.54) is 0 Å². The Morgan fingerprint density at radius 1 is 1.19 bits per heavy atom. The predicted octanol–water partition coefficient (Wildman–Crippen LogP) is 2.01. The lowest BCUT2D eigenvalue weighted by molar-refractivity contribution is 0.0469. The van der Waals surface area contributed by atoms with E-state index in [4.69, 9.17) is 4.74 Å².